The maximum atomic E-state index is 12.2. The van der Waals surface area contributed by atoms with E-state index >= 15 is 0 Å². The summed E-state index contributed by atoms with van der Waals surface area (Å²) in [5.74, 6) is 0.0296. The molecule has 1 aromatic heterocycles. The number of hydrogen-bond donors (Lipinski definition) is 3. The number of rotatable bonds is 6. The summed E-state index contributed by atoms with van der Waals surface area (Å²) in [6.07, 6.45) is 3.26. The Labute approximate surface area is 133 Å². The highest BCUT2D eigenvalue weighted by molar-refractivity contribution is 6.07. The fraction of sp³-hybridized carbons (Fsp3) is 0.188. The number of methoxy groups -OCH3 is 1. The van der Waals surface area contributed by atoms with E-state index in [1.54, 1.807) is 30.3 Å². The molecule has 2 aromatic rings. The van der Waals surface area contributed by atoms with Gasteiger partial charge in [0.2, 0.25) is 5.91 Å². The van der Waals surface area contributed by atoms with Gasteiger partial charge in [0.05, 0.1) is 18.5 Å². The lowest BCUT2D eigenvalue weighted by molar-refractivity contribution is -0.116. The number of pyridine rings is 1. The minimum Gasteiger partial charge on any atom is -0.497 e. The Morgan fingerprint density at radius 2 is 1.87 bits per heavy atom. The van der Waals surface area contributed by atoms with Crippen LogP contribution >= 0.6 is 0 Å². The minimum absolute atomic E-state index is 0.189. The number of benzene rings is 1. The molecule has 0 bridgehead atoms. The van der Waals surface area contributed by atoms with Crippen molar-refractivity contribution in [1.82, 2.24) is 4.98 Å². The summed E-state index contributed by atoms with van der Waals surface area (Å²) in [7, 11) is 1.52. The van der Waals surface area contributed by atoms with E-state index < -0.39 is 0 Å². The molecule has 120 valence electrons. The molecule has 0 saturated carbocycles. The highest BCUT2D eigenvalue weighted by Crippen LogP contribution is 2.27. The maximum absolute atomic E-state index is 12.2. The van der Waals surface area contributed by atoms with E-state index in [1.807, 2.05) is 0 Å². The van der Waals surface area contributed by atoms with E-state index in [0.29, 0.717) is 22.7 Å². The molecule has 0 radical (unpaired) electrons. The first kappa shape index (κ1) is 16.4. The monoisotopic (exact) mass is 314 g/mol. The van der Waals surface area contributed by atoms with Crippen LogP contribution in [0.4, 0.5) is 11.4 Å². The van der Waals surface area contributed by atoms with Crippen LogP contribution < -0.4 is 21.1 Å². The highest BCUT2D eigenvalue weighted by atomic mass is 16.5. The molecule has 0 aliphatic carbocycles. The van der Waals surface area contributed by atoms with Crippen molar-refractivity contribution in [1.29, 1.82) is 0 Å². The van der Waals surface area contributed by atoms with Gasteiger partial charge >= 0.3 is 0 Å². The molecular weight excluding hydrogens is 296 g/mol. The standard InChI is InChI=1S/C16H18N4O3/c1-23-12-2-3-13(14(10-12)19-15(21)4-7-17)20-16(22)11-5-8-18-9-6-11/h2-3,5-6,8-10H,4,7,17H2,1H3,(H,19,21)(H,20,22). The lowest BCUT2D eigenvalue weighted by Gasteiger charge is -2.13. The molecule has 2 rings (SSSR count). The van der Waals surface area contributed by atoms with Crippen LogP contribution in [-0.2, 0) is 4.79 Å². The number of anilines is 2. The van der Waals surface area contributed by atoms with Crippen LogP contribution in [0.25, 0.3) is 0 Å². The SMILES string of the molecule is COc1ccc(NC(=O)c2ccncc2)c(NC(=O)CCN)c1. The molecular formula is C16H18N4O3. The van der Waals surface area contributed by atoms with Crippen molar-refractivity contribution < 1.29 is 14.3 Å². The second-order valence-electron chi connectivity index (χ2n) is 4.69. The summed E-state index contributed by atoms with van der Waals surface area (Å²) in [6.45, 7) is 0.245. The zero-order valence-electron chi connectivity index (χ0n) is 12.7. The number of nitrogens with zero attached hydrogens (tertiary/aromatic N) is 1. The zero-order chi connectivity index (χ0) is 16.7. The summed E-state index contributed by atoms with van der Waals surface area (Å²) in [5.41, 5.74) is 6.76. The third-order valence-corrected chi connectivity index (χ3v) is 3.06. The lowest BCUT2D eigenvalue weighted by Crippen LogP contribution is -2.19. The Kier molecular flexibility index (Phi) is 5.65. The van der Waals surface area contributed by atoms with Crippen molar-refractivity contribution in [2.75, 3.05) is 24.3 Å². The van der Waals surface area contributed by atoms with Gasteiger partial charge in [-0.3, -0.25) is 14.6 Å². The summed E-state index contributed by atoms with van der Waals surface area (Å²) in [6, 6.07) is 8.20. The van der Waals surface area contributed by atoms with E-state index in [2.05, 4.69) is 15.6 Å². The van der Waals surface area contributed by atoms with Crippen molar-refractivity contribution in [2.24, 2.45) is 5.73 Å². The van der Waals surface area contributed by atoms with Crippen LogP contribution in [0.3, 0.4) is 0 Å². The summed E-state index contributed by atoms with van der Waals surface area (Å²) < 4.78 is 5.14. The predicted octanol–water partition coefficient (Wildman–Crippen LogP) is 1.63. The molecule has 1 heterocycles. The Hall–Kier alpha value is -2.93. The van der Waals surface area contributed by atoms with Gasteiger partial charge in [0.1, 0.15) is 5.75 Å². The third kappa shape index (κ3) is 4.52. The number of hydrogen-bond acceptors (Lipinski definition) is 5. The van der Waals surface area contributed by atoms with Crippen LogP contribution in [0, 0.1) is 0 Å². The van der Waals surface area contributed by atoms with Crippen LogP contribution in [0.2, 0.25) is 0 Å². The molecule has 7 nitrogen and oxygen atoms in total. The van der Waals surface area contributed by atoms with Gasteiger partial charge in [0.15, 0.2) is 0 Å². The number of ether oxygens (including phenoxy) is 1. The van der Waals surface area contributed by atoms with E-state index in [-0.39, 0.29) is 24.8 Å². The van der Waals surface area contributed by atoms with Gasteiger partial charge in [-0.25, -0.2) is 0 Å². The van der Waals surface area contributed by atoms with Gasteiger partial charge < -0.3 is 21.1 Å². The van der Waals surface area contributed by atoms with Gasteiger partial charge in [0, 0.05) is 37.0 Å². The second kappa shape index (κ2) is 7.90. The third-order valence-electron chi connectivity index (χ3n) is 3.06. The Morgan fingerprint density at radius 1 is 1.13 bits per heavy atom. The normalized spacial score (nSPS) is 10.0. The Morgan fingerprint density at radius 3 is 2.52 bits per heavy atom. The number of nitrogens with one attached hydrogen (secondary N) is 2. The number of carbonyl (C=O) groups excluding carboxylic acids is 2. The topological polar surface area (TPSA) is 106 Å². The van der Waals surface area contributed by atoms with Gasteiger partial charge in [0.25, 0.3) is 5.91 Å². The van der Waals surface area contributed by atoms with E-state index in [0.717, 1.165) is 0 Å². The summed E-state index contributed by atoms with van der Waals surface area (Å²) in [5, 5.41) is 5.47. The first-order valence-electron chi connectivity index (χ1n) is 7.03. The van der Waals surface area contributed by atoms with Gasteiger partial charge in [-0.2, -0.15) is 0 Å². The van der Waals surface area contributed by atoms with Crippen molar-refractivity contribution in [3.8, 4) is 5.75 Å². The van der Waals surface area contributed by atoms with Crippen LogP contribution in [0.1, 0.15) is 16.8 Å². The molecule has 0 saturated heterocycles. The largest absolute Gasteiger partial charge is 0.497 e. The number of aromatic nitrogens is 1. The van der Waals surface area contributed by atoms with Crippen molar-refractivity contribution in [2.45, 2.75) is 6.42 Å². The average Bonchev–Trinajstić information content (AvgIpc) is 2.57. The van der Waals surface area contributed by atoms with Gasteiger partial charge in [-0.1, -0.05) is 0 Å². The number of carbonyl (C=O) groups is 2. The highest BCUT2D eigenvalue weighted by Gasteiger charge is 2.12. The number of nitrogens with two attached hydrogens (primary N) is 1. The summed E-state index contributed by atoms with van der Waals surface area (Å²) >= 11 is 0. The smallest absolute Gasteiger partial charge is 0.255 e. The molecule has 0 atom stereocenters. The molecule has 0 spiro atoms. The van der Waals surface area contributed by atoms with Crippen molar-refractivity contribution >= 4 is 23.2 Å². The lowest BCUT2D eigenvalue weighted by atomic mass is 10.2. The average molecular weight is 314 g/mol. The number of amides is 2. The molecule has 2 amide bonds. The Balaban J connectivity index is 2.23. The quantitative estimate of drug-likeness (QED) is 0.751. The van der Waals surface area contributed by atoms with Crippen molar-refractivity contribution in [3.63, 3.8) is 0 Å². The first-order chi connectivity index (χ1) is 11.1. The summed E-state index contributed by atoms with van der Waals surface area (Å²) in [4.78, 5) is 27.9. The zero-order valence-corrected chi connectivity index (χ0v) is 12.7. The maximum Gasteiger partial charge on any atom is 0.255 e. The van der Waals surface area contributed by atoms with Crippen molar-refractivity contribution in [3.05, 3.63) is 48.3 Å². The van der Waals surface area contributed by atoms with Crippen LogP contribution in [-0.4, -0.2) is 30.5 Å². The molecule has 4 N–H and O–H groups in total. The van der Waals surface area contributed by atoms with Crippen LogP contribution in [0.5, 0.6) is 5.75 Å². The molecule has 0 unspecified atom stereocenters. The van der Waals surface area contributed by atoms with E-state index in [4.69, 9.17) is 10.5 Å². The first-order valence-corrected chi connectivity index (χ1v) is 7.03. The molecule has 0 aliphatic heterocycles. The minimum atomic E-state index is -0.299. The molecule has 1 aromatic carbocycles. The van der Waals surface area contributed by atoms with E-state index in [1.165, 1.54) is 19.5 Å². The Bertz CT molecular complexity index is 689. The van der Waals surface area contributed by atoms with Gasteiger partial charge in [-0.15, -0.1) is 0 Å². The fourth-order valence-electron chi connectivity index (χ4n) is 1.90. The fourth-order valence-corrected chi connectivity index (χ4v) is 1.90. The van der Waals surface area contributed by atoms with Gasteiger partial charge in [-0.05, 0) is 24.3 Å². The molecule has 0 fully saturated rings. The molecule has 0 aliphatic rings. The molecule has 7 heteroatoms. The predicted molar refractivity (Wildman–Crippen MR) is 87.5 cm³/mol. The van der Waals surface area contributed by atoms with Crippen LogP contribution in [0.15, 0.2) is 42.7 Å². The molecule has 23 heavy (non-hydrogen) atoms. The second-order valence-corrected chi connectivity index (χ2v) is 4.69. The van der Waals surface area contributed by atoms with E-state index in [9.17, 15) is 9.59 Å².